The number of anilines is 1. The number of hydrogen-bond acceptors (Lipinski definition) is 5. The lowest BCUT2D eigenvalue weighted by Gasteiger charge is -2.34. The zero-order valence-electron chi connectivity index (χ0n) is 25.1. The van der Waals surface area contributed by atoms with Gasteiger partial charge in [0.15, 0.2) is 0 Å². The second kappa shape index (κ2) is 13.8. The highest BCUT2D eigenvalue weighted by molar-refractivity contribution is 7.92. The van der Waals surface area contributed by atoms with Crippen LogP contribution in [0.15, 0.2) is 77.7 Å². The molecular weight excluding hydrogens is 557 g/mol. The average molecular weight is 598 g/mol. The van der Waals surface area contributed by atoms with Gasteiger partial charge < -0.3 is 15.0 Å². The number of carbonyl (C=O) groups is 2. The predicted octanol–water partition coefficient (Wildman–Crippen LogP) is 5.45. The molecule has 0 aliphatic rings. The van der Waals surface area contributed by atoms with Gasteiger partial charge in [-0.3, -0.25) is 13.9 Å². The molecule has 3 aromatic rings. The van der Waals surface area contributed by atoms with Gasteiger partial charge in [-0.1, -0.05) is 36.8 Å². The van der Waals surface area contributed by atoms with Crippen LogP contribution < -0.4 is 14.4 Å². The topological polar surface area (TPSA) is 96.0 Å². The number of aryl methyl sites for hydroxylation is 1. The first-order valence-electron chi connectivity index (χ1n) is 13.9. The van der Waals surface area contributed by atoms with Crippen molar-refractivity contribution in [3.8, 4) is 5.75 Å². The van der Waals surface area contributed by atoms with E-state index in [0.717, 1.165) is 9.87 Å². The maximum atomic E-state index is 14.1. The third-order valence-corrected chi connectivity index (χ3v) is 8.26. The number of carbonyl (C=O) groups excluding carboxylic acids is 2. The van der Waals surface area contributed by atoms with Crippen molar-refractivity contribution < 1.29 is 27.1 Å². The summed E-state index contributed by atoms with van der Waals surface area (Å²) in [7, 11) is -4.19. The van der Waals surface area contributed by atoms with Gasteiger partial charge >= 0.3 is 0 Å². The normalized spacial score (nSPS) is 12.4. The fraction of sp³-hybridized carbons (Fsp3) is 0.375. The number of hydrogen-bond donors (Lipinski definition) is 1. The number of nitrogens with one attached hydrogen (secondary N) is 1. The summed E-state index contributed by atoms with van der Waals surface area (Å²) < 4.78 is 48.2. The second-order valence-electron chi connectivity index (χ2n) is 11.1. The summed E-state index contributed by atoms with van der Waals surface area (Å²) in [6.07, 6.45) is 0.280. The molecule has 0 saturated carbocycles. The van der Waals surface area contributed by atoms with Crippen LogP contribution in [0.3, 0.4) is 0 Å². The summed E-state index contributed by atoms with van der Waals surface area (Å²) in [5, 5.41) is 2.93. The molecule has 10 heteroatoms. The number of nitrogens with zero attached hydrogens (tertiary/aromatic N) is 2. The molecular formula is C32H40FN3O5S. The van der Waals surface area contributed by atoms with Gasteiger partial charge in [0.05, 0.1) is 17.2 Å². The highest BCUT2D eigenvalue weighted by atomic mass is 32.2. The van der Waals surface area contributed by atoms with Gasteiger partial charge in [-0.05, 0) is 95.1 Å². The van der Waals surface area contributed by atoms with Crippen molar-refractivity contribution in [1.29, 1.82) is 0 Å². The van der Waals surface area contributed by atoms with Gasteiger partial charge in [-0.2, -0.15) is 0 Å². The molecule has 0 aliphatic heterocycles. The van der Waals surface area contributed by atoms with E-state index in [1.807, 2.05) is 34.6 Å². The molecule has 3 aromatic carbocycles. The summed E-state index contributed by atoms with van der Waals surface area (Å²) in [5.41, 5.74) is 1.19. The van der Waals surface area contributed by atoms with Crippen LogP contribution >= 0.6 is 0 Å². The molecule has 0 saturated heterocycles. The Morgan fingerprint density at radius 2 is 1.52 bits per heavy atom. The van der Waals surface area contributed by atoms with E-state index in [4.69, 9.17) is 4.74 Å². The van der Waals surface area contributed by atoms with E-state index in [-0.39, 0.29) is 29.5 Å². The van der Waals surface area contributed by atoms with Crippen LogP contribution in [-0.4, -0.2) is 49.9 Å². The minimum atomic E-state index is -4.19. The zero-order chi connectivity index (χ0) is 31.1. The maximum absolute atomic E-state index is 14.1. The fourth-order valence-electron chi connectivity index (χ4n) is 4.40. The maximum Gasteiger partial charge on any atom is 0.264 e. The SMILES string of the molecule is CCOc1ccc(N(CC(=O)N(Cc2ccc(F)cc2)[C@@H](CC)C(=O)NC(C)(C)C)S(=O)(=O)c2ccc(C)cc2)cc1. The zero-order valence-corrected chi connectivity index (χ0v) is 25.9. The minimum Gasteiger partial charge on any atom is -0.494 e. The van der Waals surface area contributed by atoms with Gasteiger partial charge in [-0.15, -0.1) is 0 Å². The first-order valence-corrected chi connectivity index (χ1v) is 15.4. The molecule has 0 aliphatic carbocycles. The van der Waals surface area contributed by atoms with Crippen molar-refractivity contribution in [3.05, 3.63) is 89.7 Å². The van der Waals surface area contributed by atoms with Crippen LogP contribution in [0, 0.1) is 12.7 Å². The number of halogens is 1. The van der Waals surface area contributed by atoms with Gasteiger partial charge in [0.25, 0.3) is 10.0 Å². The molecule has 0 radical (unpaired) electrons. The van der Waals surface area contributed by atoms with Crippen molar-refractivity contribution in [2.24, 2.45) is 0 Å². The molecule has 0 spiro atoms. The summed E-state index contributed by atoms with van der Waals surface area (Å²) in [6, 6.07) is 17.6. The Hall–Kier alpha value is -3.92. The summed E-state index contributed by atoms with van der Waals surface area (Å²) >= 11 is 0. The smallest absolute Gasteiger partial charge is 0.264 e. The third-order valence-electron chi connectivity index (χ3n) is 6.47. The number of sulfonamides is 1. The van der Waals surface area contributed by atoms with Crippen molar-refractivity contribution in [2.45, 2.75) is 71.0 Å². The van der Waals surface area contributed by atoms with Crippen LogP contribution in [0.5, 0.6) is 5.75 Å². The third kappa shape index (κ3) is 8.55. The molecule has 0 heterocycles. The molecule has 2 amide bonds. The van der Waals surface area contributed by atoms with Crippen molar-refractivity contribution in [1.82, 2.24) is 10.2 Å². The first kappa shape index (κ1) is 32.6. The monoisotopic (exact) mass is 597 g/mol. The summed E-state index contributed by atoms with van der Waals surface area (Å²) in [4.78, 5) is 28.9. The largest absolute Gasteiger partial charge is 0.494 e. The Morgan fingerprint density at radius 1 is 0.929 bits per heavy atom. The lowest BCUT2D eigenvalue weighted by Crippen LogP contribution is -2.55. The molecule has 0 fully saturated rings. The van der Waals surface area contributed by atoms with Crippen molar-refractivity contribution in [2.75, 3.05) is 17.5 Å². The van der Waals surface area contributed by atoms with Crippen LogP contribution in [0.2, 0.25) is 0 Å². The Balaban J connectivity index is 2.07. The number of rotatable bonds is 12. The number of amides is 2. The lowest BCUT2D eigenvalue weighted by molar-refractivity contribution is -0.141. The van der Waals surface area contributed by atoms with Gasteiger partial charge in [0.1, 0.15) is 24.2 Å². The lowest BCUT2D eigenvalue weighted by atomic mass is 10.1. The van der Waals surface area contributed by atoms with Crippen LogP contribution in [0.4, 0.5) is 10.1 Å². The van der Waals surface area contributed by atoms with Crippen LogP contribution in [0.1, 0.15) is 52.2 Å². The summed E-state index contributed by atoms with van der Waals surface area (Å²) in [6.45, 7) is 10.9. The molecule has 0 bridgehead atoms. The van der Waals surface area contributed by atoms with Gasteiger partial charge in [-0.25, -0.2) is 12.8 Å². The van der Waals surface area contributed by atoms with Crippen molar-refractivity contribution in [3.63, 3.8) is 0 Å². The van der Waals surface area contributed by atoms with E-state index in [1.54, 1.807) is 43.3 Å². The molecule has 0 unspecified atom stereocenters. The van der Waals surface area contributed by atoms with Crippen LogP contribution in [0.25, 0.3) is 0 Å². The molecule has 3 rings (SSSR count). The molecule has 42 heavy (non-hydrogen) atoms. The van der Waals surface area contributed by atoms with E-state index in [2.05, 4.69) is 5.32 Å². The average Bonchev–Trinajstić information content (AvgIpc) is 2.92. The highest BCUT2D eigenvalue weighted by Gasteiger charge is 2.34. The molecule has 0 aromatic heterocycles. The van der Waals surface area contributed by atoms with E-state index in [9.17, 15) is 22.4 Å². The second-order valence-corrected chi connectivity index (χ2v) is 12.9. The fourth-order valence-corrected chi connectivity index (χ4v) is 5.81. The Kier molecular flexibility index (Phi) is 10.7. The molecule has 1 atom stereocenters. The Morgan fingerprint density at radius 3 is 2.05 bits per heavy atom. The summed E-state index contributed by atoms with van der Waals surface area (Å²) in [5.74, 6) is -0.822. The standard InChI is InChI=1S/C32H40FN3O5S/c1-7-29(31(38)34-32(4,5)6)35(21-24-11-13-25(33)14-12-24)30(37)22-36(26-15-17-27(18-16-26)41-8-2)42(39,40)28-19-9-23(3)10-20-28/h9-20,29H,7-8,21-22H2,1-6H3,(H,34,38)/t29-/m0/s1. The molecule has 226 valence electrons. The predicted molar refractivity (Wildman–Crippen MR) is 162 cm³/mol. The van der Waals surface area contributed by atoms with E-state index in [0.29, 0.717) is 17.9 Å². The van der Waals surface area contributed by atoms with Gasteiger partial charge in [0.2, 0.25) is 11.8 Å². The Labute approximate surface area is 248 Å². The quantitative estimate of drug-likeness (QED) is 0.300. The molecule has 1 N–H and O–H groups in total. The highest BCUT2D eigenvalue weighted by Crippen LogP contribution is 2.27. The molecule has 8 nitrogen and oxygen atoms in total. The van der Waals surface area contributed by atoms with Gasteiger partial charge in [0, 0.05) is 12.1 Å². The van der Waals surface area contributed by atoms with E-state index >= 15 is 0 Å². The van der Waals surface area contributed by atoms with Crippen LogP contribution in [-0.2, 0) is 26.2 Å². The first-order chi connectivity index (χ1) is 19.7. The van der Waals surface area contributed by atoms with E-state index < -0.39 is 39.9 Å². The minimum absolute atomic E-state index is 0.0170. The Bertz CT molecular complexity index is 1450. The number of benzene rings is 3. The van der Waals surface area contributed by atoms with E-state index in [1.165, 1.54) is 41.3 Å². The van der Waals surface area contributed by atoms with Crippen molar-refractivity contribution >= 4 is 27.5 Å². The number of ether oxygens (including phenoxy) is 1.